The summed E-state index contributed by atoms with van der Waals surface area (Å²) >= 11 is 3.42. The second kappa shape index (κ2) is 12.0. The number of hydrogen-bond donors (Lipinski definition) is 1. The molecule has 38 heavy (non-hydrogen) atoms. The third-order valence-corrected chi connectivity index (χ3v) is 10.3. The topological polar surface area (TPSA) is 96.4 Å². The van der Waals surface area contributed by atoms with E-state index in [0.29, 0.717) is 60.7 Å². The van der Waals surface area contributed by atoms with Crippen molar-refractivity contribution in [3.63, 3.8) is 0 Å². The number of amides is 1. The molecule has 2 aromatic rings. The molecule has 0 spiro atoms. The van der Waals surface area contributed by atoms with Crippen LogP contribution in [0.4, 0.5) is 0 Å². The maximum Gasteiger partial charge on any atom is 0.243 e. The Morgan fingerprint density at radius 2 is 1.74 bits per heavy atom. The minimum Gasteiger partial charge on any atom is -0.497 e. The van der Waals surface area contributed by atoms with E-state index in [1.165, 1.54) is 4.31 Å². The molecular formula is C28H37BrN2O6S. The number of rotatable bonds is 8. The van der Waals surface area contributed by atoms with Gasteiger partial charge in [-0.05, 0) is 80.5 Å². The van der Waals surface area contributed by atoms with Crippen LogP contribution in [0, 0.1) is 13.8 Å². The molecule has 0 aromatic heterocycles. The van der Waals surface area contributed by atoms with Crippen molar-refractivity contribution in [3.8, 4) is 5.75 Å². The van der Waals surface area contributed by atoms with E-state index in [0.717, 1.165) is 16.5 Å². The van der Waals surface area contributed by atoms with Gasteiger partial charge in [-0.15, -0.1) is 0 Å². The lowest BCUT2D eigenvalue weighted by atomic mass is 9.84. The molecule has 0 bridgehead atoms. The van der Waals surface area contributed by atoms with E-state index in [-0.39, 0.29) is 31.6 Å². The van der Waals surface area contributed by atoms with Crippen molar-refractivity contribution >= 4 is 31.9 Å². The summed E-state index contributed by atoms with van der Waals surface area (Å²) in [5, 5.41) is 11.1. The fourth-order valence-electron chi connectivity index (χ4n) is 5.47. The molecular weight excluding hydrogens is 572 g/mol. The van der Waals surface area contributed by atoms with Gasteiger partial charge in [-0.2, -0.15) is 4.31 Å². The standard InChI is InChI=1S/C28H37BrN2O6S/c1-20-17-25(36-3)18-21(2)27(20)38(34,35)31-13-4-5-24(19-31)37-16-10-26(32)30-14-11-28(33,12-15-30)22-6-8-23(29)9-7-22/h6-9,17-18,24,33H,4-5,10-16,19H2,1-3H3. The van der Waals surface area contributed by atoms with Gasteiger partial charge >= 0.3 is 0 Å². The first-order chi connectivity index (χ1) is 18.0. The van der Waals surface area contributed by atoms with E-state index < -0.39 is 15.6 Å². The fraction of sp³-hybridized carbons (Fsp3) is 0.536. The molecule has 8 nitrogen and oxygen atoms in total. The van der Waals surface area contributed by atoms with Crippen molar-refractivity contribution in [3.05, 3.63) is 57.6 Å². The van der Waals surface area contributed by atoms with Crippen LogP contribution in [0.25, 0.3) is 0 Å². The molecule has 2 aliphatic rings. The molecule has 2 fully saturated rings. The summed E-state index contributed by atoms with van der Waals surface area (Å²) < 4.78 is 40.7. The molecule has 0 saturated carbocycles. The summed E-state index contributed by atoms with van der Waals surface area (Å²) in [7, 11) is -2.12. The smallest absolute Gasteiger partial charge is 0.243 e. The maximum absolute atomic E-state index is 13.5. The zero-order valence-corrected chi connectivity index (χ0v) is 24.7. The van der Waals surface area contributed by atoms with Crippen molar-refractivity contribution < 1.29 is 27.8 Å². The average molecular weight is 610 g/mol. The van der Waals surface area contributed by atoms with Crippen molar-refractivity contribution in [1.82, 2.24) is 9.21 Å². The van der Waals surface area contributed by atoms with Gasteiger partial charge in [0, 0.05) is 30.7 Å². The molecule has 10 heteroatoms. The van der Waals surface area contributed by atoms with Gasteiger partial charge in [-0.3, -0.25) is 4.79 Å². The Morgan fingerprint density at radius 3 is 2.34 bits per heavy atom. The van der Waals surface area contributed by atoms with Crippen molar-refractivity contribution in [2.45, 2.75) is 62.6 Å². The highest BCUT2D eigenvalue weighted by molar-refractivity contribution is 9.10. The molecule has 0 radical (unpaired) electrons. The highest BCUT2D eigenvalue weighted by Crippen LogP contribution is 2.34. The number of carbonyl (C=O) groups is 1. The number of hydrogen-bond acceptors (Lipinski definition) is 6. The molecule has 0 aliphatic carbocycles. The molecule has 4 rings (SSSR count). The van der Waals surface area contributed by atoms with E-state index in [1.54, 1.807) is 38.0 Å². The Kier molecular flexibility index (Phi) is 9.19. The van der Waals surface area contributed by atoms with Gasteiger partial charge in [0.05, 0.1) is 36.7 Å². The molecule has 1 unspecified atom stereocenters. The number of benzene rings is 2. The molecule has 2 aliphatic heterocycles. The summed E-state index contributed by atoms with van der Waals surface area (Å²) in [5.41, 5.74) is 1.26. The molecule has 1 atom stereocenters. The van der Waals surface area contributed by atoms with Gasteiger partial charge in [-0.25, -0.2) is 8.42 Å². The molecule has 1 N–H and O–H groups in total. The Bertz CT molecular complexity index is 1220. The molecule has 1 amide bonds. The van der Waals surface area contributed by atoms with Gasteiger partial charge < -0.3 is 19.5 Å². The Balaban J connectivity index is 1.28. The minimum atomic E-state index is -3.68. The Morgan fingerprint density at radius 1 is 1.11 bits per heavy atom. The Hall–Kier alpha value is -1.98. The second-order valence-corrected chi connectivity index (χ2v) is 13.0. The molecule has 2 heterocycles. The third-order valence-electron chi connectivity index (χ3n) is 7.60. The van der Waals surface area contributed by atoms with Gasteiger partial charge in [0.25, 0.3) is 0 Å². The van der Waals surface area contributed by atoms with Crippen LogP contribution in [0.2, 0.25) is 0 Å². The number of aliphatic hydroxyl groups is 1. The quantitative estimate of drug-likeness (QED) is 0.484. The zero-order chi connectivity index (χ0) is 27.5. The van der Waals surface area contributed by atoms with E-state index >= 15 is 0 Å². The van der Waals surface area contributed by atoms with Gasteiger partial charge in [0.15, 0.2) is 0 Å². The SMILES string of the molecule is COc1cc(C)c(S(=O)(=O)N2CCCC(OCCC(=O)N3CCC(O)(c4ccc(Br)cc4)CC3)C2)c(C)c1. The van der Waals surface area contributed by atoms with E-state index in [1.807, 2.05) is 24.3 Å². The number of methoxy groups -OCH3 is 1. The maximum atomic E-state index is 13.5. The monoisotopic (exact) mass is 608 g/mol. The summed E-state index contributed by atoms with van der Waals surface area (Å²) in [4.78, 5) is 14.9. The number of nitrogens with zero attached hydrogens (tertiary/aromatic N) is 2. The number of ether oxygens (including phenoxy) is 2. The summed E-state index contributed by atoms with van der Waals surface area (Å²) in [6.07, 6.45) is 2.41. The van der Waals surface area contributed by atoms with Crippen LogP contribution in [0.5, 0.6) is 5.75 Å². The first-order valence-electron chi connectivity index (χ1n) is 13.1. The van der Waals surface area contributed by atoms with Gasteiger partial charge in [-0.1, -0.05) is 28.1 Å². The number of piperidine rings is 2. The first-order valence-corrected chi connectivity index (χ1v) is 15.3. The van der Waals surface area contributed by atoms with Crippen LogP contribution in [0.1, 0.15) is 48.8 Å². The fourth-order valence-corrected chi connectivity index (χ4v) is 7.66. The second-order valence-electron chi connectivity index (χ2n) is 10.3. The minimum absolute atomic E-state index is 0.00683. The average Bonchev–Trinajstić information content (AvgIpc) is 2.89. The number of aryl methyl sites for hydroxylation is 2. The van der Waals surface area contributed by atoms with E-state index in [4.69, 9.17) is 9.47 Å². The van der Waals surface area contributed by atoms with Crippen molar-refractivity contribution in [2.24, 2.45) is 0 Å². The number of sulfonamides is 1. The lowest BCUT2D eigenvalue weighted by molar-refractivity contribution is -0.137. The van der Waals surface area contributed by atoms with Crippen LogP contribution >= 0.6 is 15.9 Å². The summed E-state index contributed by atoms with van der Waals surface area (Å²) in [5.74, 6) is 0.628. The summed E-state index contributed by atoms with van der Waals surface area (Å²) in [6.45, 7) is 5.50. The van der Waals surface area contributed by atoms with Crippen LogP contribution in [-0.2, 0) is 25.2 Å². The van der Waals surface area contributed by atoms with Crippen LogP contribution < -0.4 is 4.74 Å². The number of halogens is 1. The molecule has 2 aromatic carbocycles. The highest BCUT2D eigenvalue weighted by atomic mass is 79.9. The Labute approximate surface area is 234 Å². The van der Waals surface area contributed by atoms with E-state index in [9.17, 15) is 18.3 Å². The number of carbonyl (C=O) groups excluding carboxylic acids is 1. The predicted octanol–water partition coefficient (Wildman–Crippen LogP) is 4.14. The normalized spacial score (nSPS) is 20.3. The predicted molar refractivity (Wildman–Crippen MR) is 149 cm³/mol. The van der Waals surface area contributed by atoms with Crippen LogP contribution in [-0.4, -0.2) is 74.6 Å². The first kappa shape index (κ1) is 29.0. The van der Waals surface area contributed by atoms with E-state index in [2.05, 4.69) is 15.9 Å². The van der Waals surface area contributed by atoms with Gasteiger partial charge in [0.1, 0.15) is 5.75 Å². The highest BCUT2D eigenvalue weighted by Gasteiger charge is 2.36. The lowest BCUT2D eigenvalue weighted by Crippen LogP contribution is -2.46. The van der Waals surface area contributed by atoms with Crippen LogP contribution in [0.15, 0.2) is 45.8 Å². The zero-order valence-electron chi connectivity index (χ0n) is 22.3. The summed E-state index contributed by atoms with van der Waals surface area (Å²) in [6, 6.07) is 11.1. The van der Waals surface area contributed by atoms with Crippen LogP contribution in [0.3, 0.4) is 0 Å². The van der Waals surface area contributed by atoms with Crippen molar-refractivity contribution in [2.75, 3.05) is 39.9 Å². The third kappa shape index (κ3) is 6.42. The van der Waals surface area contributed by atoms with Gasteiger partial charge in [0.2, 0.25) is 15.9 Å². The largest absolute Gasteiger partial charge is 0.497 e. The van der Waals surface area contributed by atoms with Crippen molar-refractivity contribution in [1.29, 1.82) is 0 Å². The lowest BCUT2D eigenvalue weighted by Gasteiger charge is -2.38. The number of likely N-dealkylation sites (tertiary alicyclic amines) is 1. The molecule has 208 valence electrons. The molecule has 2 saturated heterocycles.